The van der Waals surface area contributed by atoms with Gasteiger partial charge < -0.3 is 15.0 Å². The molecule has 0 aromatic heterocycles. The summed E-state index contributed by atoms with van der Waals surface area (Å²) in [5.41, 5.74) is 8.92. The number of rotatable bonds is 9. The fourth-order valence-electron chi connectivity index (χ4n) is 3.65. The largest absolute Gasteiger partial charge is 0.497 e. The van der Waals surface area contributed by atoms with E-state index in [0.717, 1.165) is 50.1 Å². The van der Waals surface area contributed by atoms with Gasteiger partial charge in [-0.1, -0.05) is 49.2 Å². The standard InChI is InChI=1S/C23H32N4O2/c1-27(23(28)24-19-13-9-14-21(16-19)29-2)15-8-4-7-12-20-17-22(26-25-20)18-10-5-3-6-11-18/h3,5-6,9-11,13-14,16,20,22,25-26H,4,7-8,12,15,17H2,1-2H3,(H,24,28). The van der Waals surface area contributed by atoms with Crippen LogP contribution in [0.2, 0.25) is 0 Å². The molecule has 29 heavy (non-hydrogen) atoms. The number of benzene rings is 2. The number of anilines is 1. The van der Waals surface area contributed by atoms with Crippen molar-refractivity contribution < 1.29 is 9.53 Å². The van der Waals surface area contributed by atoms with Crippen LogP contribution < -0.4 is 20.9 Å². The van der Waals surface area contributed by atoms with E-state index in [1.54, 1.807) is 12.0 Å². The molecule has 0 radical (unpaired) electrons. The molecule has 2 atom stereocenters. The lowest BCUT2D eigenvalue weighted by Crippen LogP contribution is -2.32. The number of ether oxygens (including phenoxy) is 1. The molecule has 0 bridgehead atoms. The van der Waals surface area contributed by atoms with Gasteiger partial charge in [-0.05, 0) is 37.0 Å². The number of carbonyl (C=O) groups is 1. The number of unbranched alkanes of at least 4 members (excludes halogenated alkanes) is 2. The Bertz CT molecular complexity index is 768. The van der Waals surface area contributed by atoms with Crippen LogP contribution in [0, 0.1) is 0 Å². The molecule has 1 saturated heterocycles. The summed E-state index contributed by atoms with van der Waals surface area (Å²) in [4.78, 5) is 14.0. The van der Waals surface area contributed by atoms with Crippen LogP contribution in [-0.4, -0.2) is 37.7 Å². The van der Waals surface area contributed by atoms with Gasteiger partial charge >= 0.3 is 6.03 Å². The fraction of sp³-hybridized carbons (Fsp3) is 0.435. The Morgan fingerprint density at radius 3 is 2.72 bits per heavy atom. The van der Waals surface area contributed by atoms with E-state index in [9.17, 15) is 4.79 Å². The Kier molecular flexibility index (Phi) is 7.90. The first kappa shape index (κ1) is 21.1. The molecule has 156 valence electrons. The first-order valence-corrected chi connectivity index (χ1v) is 10.4. The summed E-state index contributed by atoms with van der Waals surface area (Å²) in [7, 11) is 3.45. The zero-order chi connectivity index (χ0) is 20.5. The summed E-state index contributed by atoms with van der Waals surface area (Å²) >= 11 is 0. The maximum Gasteiger partial charge on any atom is 0.321 e. The van der Waals surface area contributed by atoms with Crippen molar-refractivity contribution in [1.29, 1.82) is 0 Å². The van der Waals surface area contributed by atoms with Crippen LogP contribution in [0.5, 0.6) is 5.75 Å². The number of hydrogen-bond donors (Lipinski definition) is 3. The van der Waals surface area contributed by atoms with E-state index >= 15 is 0 Å². The zero-order valence-electron chi connectivity index (χ0n) is 17.4. The minimum Gasteiger partial charge on any atom is -0.497 e. The van der Waals surface area contributed by atoms with E-state index in [0.29, 0.717) is 12.1 Å². The predicted molar refractivity (Wildman–Crippen MR) is 117 cm³/mol. The Labute approximate surface area is 173 Å². The van der Waals surface area contributed by atoms with Crippen molar-refractivity contribution in [3.05, 3.63) is 60.2 Å². The molecule has 3 N–H and O–H groups in total. The second-order valence-electron chi connectivity index (χ2n) is 7.62. The van der Waals surface area contributed by atoms with Gasteiger partial charge in [0.05, 0.1) is 7.11 Å². The van der Waals surface area contributed by atoms with Crippen LogP contribution in [0.3, 0.4) is 0 Å². The highest BCUT2D eigenvalue weighted by Gasteiger charge is 2.24. The van der Waals surface area contributed by atoms with Gasteiger partial charge in [-0.15, -0.1) is 0 Å². The van der Waals surface area contributed by atoms with E-state index in [1.165, 1.54) is 5.56 Å². The van der Waals surface area contributed by atoms with Gasteiger partial charge in [-0.2, -0.15) is 0 Å². The summed E-state index contributed by atoms with van der Waals surface area (Å²) in [5, 5.41) is 2.91. The molecule has 2 unspecified atom stereocenters. The second kappa shape index (κ2) is 10.8. The van der Waals surface area contributed by atoms with Gasteiger partial charge in [-0.3, -0.25) is 10.9 Å². The highest BCUT2D eigenvalue weighted by atomic mass is 16.5. The molecular formula is C23H32N4O2. The molecule has 1 aliphatic heterocycles. The van der Waals surface area contributed by atoms with Crippen LogP contribution in [0.25, 0.3) is 0 Å². The Morgan fingerprint density at radius 1 is 1.10 bits per heavy atom. The van der Waals surface area contributed by atoms with E-state index < -0.39 is 0 Å². The number of carbonyl (C=O) groups excluding carboxylic acids is 1. The minimum atomic E-state index is -0.0920. The number of nitrogens with zero attached hydrogens (tertiary/aromatic N) is 1. The van der Waals surface area contributed by atoms with Gasteiger partial charge in [0.25, 0.3) is 0 Å². The topological polar surface area (TPSA) is 65.6 Å². The number of methoxy groups -OCH3 is 1. The molecule has 2 aromatic rings. The van der Waals surface area contributed by atoms with Crippen molar-refractivity contribution in [2.45, 2.75) is 44.2 Å². The second-order valence-corrected chi connectivity index (χ2v) is 7.62. The summed E-state index contributed by atoms with van der Waals surface area (Å²) in [5.74, 6) is 0.731. The van der Waals surface area contributed by atoms with Gasteiger partial charge in [0.2, 0.25) is 0 Å². The monoisotopic (exact) mass is 396 g/mol. The maximum atomic E-state index is 12.3. The van der Waals surface area contributed by atoms with Crippen LogP contribution in [0.1, 0.15) is 43.7 Å². The Balaban J connectivity index is 1.29. The zero-order valence-corrected chi connectivity index (χ0v) is 17.4. The third-order valence-corrected chi connectivity index (χ3v) is 5.40. The number of urea groups is 1. The maximum absolute atomic E-state index is 12.3. The molecule has 1 fully saturated rings. The lowest BCUT2D eigenvalue weighted by atomic mass is 9.99. The predicted octanol–water partition coefficient (Wildman–Crippen LogP) is 4.33. The van der Waals surface area contributed by atoms with Gasteiger partial charge in [0, 0.05) is 37.4 Å². The van der Waals surface area contributed by atoms with E-state index in [4.69, 9.17) is 4.74 Å². The van der Waals surface area contributed by atoms with E-state index in [2.05, 4.69) is 46.5 Å². The fourth-order valence-corrected chi connectivity index (χ4v) is 3.65. The van der Waals surface area contributed by atoms with Crippen molar-refractivity contribution >= 4 is 11.7 Å². The normalized spacial score (nSPS) is 18.4. The minimum absolute atomic E-state index is 0.0920. The summed E-state index contributed by atoms with van der Waals surface area (Å²) in [6.07, 6.45) is 5.55. The Hall–Kier alpha value is -2.57. The summed E-state index contributed by atoms with van der Waals surface area (Å²) < 4.78 is 5.19. The quantitative estimate of drug-likeness (QED) is 0.552. The van der Waals surface area contributed by atoms with Gasteiger partial charge in [-0.25, -0.2) is 4.79 Å². The van der Waals surface area contributed by atoms with Crippen LogP contribution >= 0.6 is 0 Å². The van der Waals surface area contributed by atoms with Crippen LogP contribution in [-0.2, 0) is 0 Å². The van der Waals surface area contributed by atoms with E-state index in [-0.39, 0.29) is 6.03 Å². The van der Waals surface area contributed by atoms with Crippen molar-refractivity contribution in [3.8, 4) is 5.75 Å². The summed E-state index contributed by atoms with van der Waals surface area (Å²) in [6.45, 7) is 0.749. The Morgan fingerprint density at radius 2 is 1.93 bits per heavy atom. The van der Waals surface area contributed by atoms with E-state index in [1.807, 2.05) is 31.3 Å². The SMILES string of the molecule is COc1cccc(NC(=O)N(C)CCCCCC2CC(c3ccccc3)NN2)c1. The molecular weight excluding hydrogens is 364 g/mol. The summed E-state index contributed by atoms with van der Waals surface area (Å²) in [6, 6.07) is 18.8. The molecule has 2 amide bonds. The van der Waals surface area contributed by atoms with Gasteiger partial charge in [0.1, 0.15) is 5.75 Å². The van der Waals surface area contributed by atoms with Crippen molar-refractivity contribution in [2.75, 3.05) is 26.0 Å². The number of hydrazine groups is 1. The first-order chi connectivity index (χ1) is 14.2. The molecule has 0 spiro atoms. The molecule has 6 nitrogen and oxygen atoms in total. The third kappa shape index (κ3) is 6.48. The lowest BCUT2D eigenvalue weighted by molar-refractivity contribution is 0.221. The smallest absolute Gasteiger partial charge is 0.321 e. The van der Waals surface area contributed by atoms with Crippen molar-refractivity contribution in [1.82, 2.24) is 15.8 Å². The molecule has 0 saturated carbocycles. The molecule has 2 aromatic carbocycles. The third-order valence-electron chi connectivity index (χ3n) is 5.40. The van der Waals surface area contributed by atoms with Crippen LogP contribution in [0.15, 0.2) is 54.6 Å². The molecule has 0 aliphatic carbocycles. The molecule has 3 rings (SSSR count). The number of hydrogen-bond acceptors (Lipinski definition) is 4. The first-order valence-electron chi connectivity index (χ1n) is 10.4. The number of amides is 2. The molecule has 6 heteroatoms. The van der Waals surface area contributed by atoms with Crippen LogP contribution in [0.4, 0.5) is 10.5 Å². The average Bonchev–Trinajstić information content (AvgIpc) is 3.23. The highest BCUT2D eigenvalue weighted by molar-refractivity contribution is 5.89. The van der Waals surface area contributed by atoms with Gasteiger partial charge in [0.15, 0.2) is 0 Å². The molecule has 1 aliphatic rings. The van der Waals surface area contributed by atoms with Crippen molar-refractivity contribution in [3.63, 3.8) is 0 Å². The molecule has 1 heterocycles. The highest BCUT2D eigenvalue weighted by Crippen LogP contribution is 2.24. The average molecular weight is 397 g/mol. The lowest BCUT2D eigenvalue weighted by Gasteiger charge is -2.18. The van der Waals surface area contributed by atoms with Crippen molar-refractivity contribution in [2.24, 2.45) is 0 Å². The number of nitrogens with one attached hydrogen (secondary N) is 3.